The highest BCUT2D eigenvalue weighted by molar-refractivity contribution is 6.35. The van der Waals surface area contributed by atoms with Gasteiger partial charge in [0, 0.05) is 21.3 Å². The second-order valence-electron chi connectivity index (χ2n) is 5.40. The molecule has 28 heavy (non-hydrogen) atoms. The smallest absolute Gasteiger partial charge is 0.334 e. The number of nitrogens with zero attached hydrogens (tertiary/aromatic N) is 3. The molecule has 0 saturated carbocycles. The third kappa shape index (κ3) is 4.64. The molecular formula is C17H12Cl2N6O3. The van der Waals surface area contributed by atoms with Gasteiger partial charge < -0.3 is 5.32 Å². The molecule has 0 unspecified atom stereocenters. The maximum atomic E-state index is 12.1. The second-order valence-corrected chi connectivity index (χ2v) is 6.28. The molecule has 2 aromatic carbocycles. The Morgan fingerprint density at radius 2 is 1.64 bits per heavy atom. The number of benzene rings is 2. The maximum absolute atomic E-state index is 12.1. The zero-order valence-electron chi connectivity index (χ0n) is 14.0. The number of halogens is 2. The number of hydrazine groups is 1. The fourth-order valence-electron chi connectivity index (χ4n) is 2.28. The summed E-state index contributed by atoms with van der Waals surface area (Å²) >= 11 is 11.9. The molecule has 0 bridgehead atoms. The van der Waals surface area contributed by atoms with Gasteiger partial charge in [-0.25, -0.2) is 9.97 Å². The van der Waals surface area contributed by atoms with Crippen LogP contribution in [0.25, 0.3) is 0 Å². The topological polar surface area (TPSA) is 122 Å². The minimum Gasteiger partial charge on any atom is -0.334 e. The van der Waals surface area contributed by atoms with Crippen LogP contribution in [0.5, 0.6) is 0 Å². The molecule has 0 atom stereocenters. The number of nitrogens with one attached hydrogen (secondary N) is 3. The number of carbonyl (C=O) groups excluding carboxylic acids is 1. The molecule has 3 aromatic rings. The number of aromatic nitrogens is 2. The fraction of sp³-hybridized carbons (Fsp3) is 0. The van der Waals surface area contributed by atoms with Crippen LogP contribution in [0.1, 0.15) is 10.4 Å². The Labute approximate surface area is 168 Å². The average molecular weight is 419 g/mol. The number of hydrogen-bond acceptors (Lipinski definition) is 7. The van der Waals surface area contributed by atoms with E-state index in [2.05, 4.69) is 26.1 Å². The number of rotatable bonds is 6. The first kappa shape index (κ1) is 19.3. The standard InChI is InChI=1S/C17H12Cl2N6O3/c18-11-6-12(19)8-13(7-11)22-15-14(25(27)28)16(21-9-20-15)23-24-17(26)10-4-2-1-3-5-10/h1-9H,(H,24,26)(H2,20,21,22,23). The molecule has 0 spiro atoms. The predicted molar refractivity (Wildman–Crippen MR) is 106 cm³/mol. The Morgan fingerprint density at radius 3 is 2.29 bits per heavy atom. The molecular weight excluding hydrogens is 407 g/mol. The fourth-order valence-corrected chi connectivity index (χ4v) is 2.80. The summed E-state index contributed by atoms with van der Waals surface area (Å²) in [5.41, 5.74) is 5.13. The molecule has 0 aliphatic carbocycles. The predicted octanol–water partition coefficient (Wildman–Crippen LogP) is 4.19. The van der Waals surface area contributed by atoms with Crippen molar-refractivity contribution >= 4 is 52.1 Å². The molecule has 11 heteroatoms. The summed E-state index contributed by atoms with van der Waals surface area (Å²) in [7, 11) is 0. The van der Waals surface area contributed by atoms with Crippen LogP contribution in [0.3, 0.4) is 0 Å². The van der Waals surface area contributed by atoms with Crippen LogP contribution in [0.2, 0.25) is 10.0 Å². The van der Waals surface area contributed by atoms with E-state index in [-0.39, 0.29) is 11.6 Å². The monoisotopic (exact) mass is 418 g/mol. The van der Waals surface area contributed by atoms with Gasteiger partial charge in [-0.1, -0.05) is 41.4 Å². The molecule has 0 aliphatic rings. The first-order valence-electron chi connectivity index (χ1n) is 7.78. The Bertz CT molecular complexity index is 1010. The first-order chi connectivity index (χ1) is 13.4. The quantitative estimate of drug-likeness (QED) is 0.405. The van der Waals surface area contributed by atoms with Gasteiger partial charge in [-0.15, -0.1) is 0 Å². The van der Waals surface area contributed by atoms with Gasteiger partial charge in [-0.2, -0.15) is 0 Å². The van der Waals surface area contributed by atoms with Gasteiger partial charge in [0.25, 0.3) is 5.91 Å². The lowest BCUT2D eigenvalue weighted by Crippen LogP contribution is -2.30. The summed E-state index contributed by atoms with van der Waals surface area (Å²) in [6.45, 7) is 0. The molecule has 1 amide bonds. The Morgan fingerprint density at radius 1 is 1.00 bits per heavy atom. The van der Waals surface area contributed by atoms with E-state index < -0.39 is 16.5 Å². The van der Waals surface area contributed by atoms with Crippen molar-refractivity contribution in [3.8, 4) is 0 Å². The van der Waals surface area contributed by atoms with E-state index >= 15 is 0 Å². The van der Waals surface area contributed by atoms with E-state index in [4.69, 9.17) is 23.2 Å². The van der Waals surface area contributed by atoms with Gasteiger partial charge in [0.05, 0.1) is 4.92 Å². The minimum absolute atomic E-state index is 0.102. The zero-order chi connectivity index (χ0) is 20.1. The van der Waals surface area contributed by atoms with E-state index in [0.29, 0.717) is 21.3 Å². The highest BCUT2D eigenvalue weighted by Crippen LogP contribution is 2.32. The largest absolute Gasteiger partial charge is 0.355 e. The molecule has 0 saturated heterocycles. The molecule has 142 valence electrons. The van der Waals surface area contributed by atoms with Crippen molar-refractivity contribution in [2.45, 2.75) is 0 Å². The van der Waals surface area contributed by atoms with Gasteiger partial charge in [-0.3, -0.25) is 25.8 Å². The van der Waals surface area contributed by atoms with Crippen molar-refractivity contribution < 1.29 is 9.72 Å². The highest BCUT2D eigenvalue weighted by Gasteiger charge is 2.24. The minimum atomic E-state index is -0.675. The van der Waals surface area contributed by atoms with Crippen LogP contribution in [-0.2, 0) is 0 Å². The summed E-state index contributed by atoms with van der Waals surface area (Å²) in [5.74, 6) is -0.778. The Kier molecular flexibility index (Phi) is 5.87. The van der Waals surface area contributed by atoms with E-state index in [1.165, 1.54) is 18.2 Å². The summed E-state index contributed by atoms with van der Waals surface area (Å²) < 4.78 is 0. The number of nitro groups is 1. The third-order valence-electron chi connectivity index (χ3n) is 3.46. The normalized spacial score (nSPS) is 10.2. The van der Waals surface area contributed by atoms with Crippen LogP contribution in [0.15, 0.2) is 54.9 Å². The lowest BCUT2D eigenvalue weighted by molar-refractivity contribution is -0.383. The van der Waals surface area contributed by atoms with Gasteiger partial charge in [0.2, 0.25) is 11.6 Å². The van der Waals surface area contributed by atoms with Crippen LogP contribution in [-0.4, -0.2) is 20.8 Å². The number of hydrogen-bond donors (Lipinski definition) is 3. The maximum Gasteiger partial charge on any atom is 0.355 e. The lowest BCUT2D eigenvalue weighted by atomic mass is 10.2. The van der Waals surface area contributed by atoms with Crippen molar-refractivity contribution in [1.82, 2.24) is 15.4 Å². The Balaban J connectivity index is 1.85. The highest BCUT2D eigenvalue weighted by atomic mass is 35.5. The summed E-state index contributed by atoms with van der Waals surface area (Å²) in [4.78, 5) is 30.7. The first-order valence-corrected chi connectivity index (χ1v) is 8.53. The number of amides is 1. The number of anilines is 3. The Hall–Kier alpha value is -3.43. The van der Waals surface area contributed by atoms with Crippen molar-refractivity contribution in [2.24, 2.45) is 0 Å². The van der Waals surface area contributed by atoms with Gasteiger partial charge in [0.1, 0.15) is 6.33 Å². The van der Waals surface area contributed by atoms with Gasteiger partial charge in [-0.05, 0) is 30.3 Å². The van der Waals surface area contributed by atoms with Gasteiger partial charge >= 0.3 is 5.69 Å². The third-order valence-corrected chi connectivity index (χ3v) is 3.90. The summed E-state index contributed by atoms with van der Waals surface area (Å²) in [6, 6.07) is 12.9. The molecule has 1 aromatic heterocycles. The van der Waals surface area contributed by atoms with Crippen molar-refractivity contribution in [3.05, 3.63) is 80.6 Å². The van der Waals surface area contributed by atoms with Crippen molar-refractivity contribution in [2.75, 3.05) is 10.7 Å². The van der Waals surface area contributed by atoms with E-state index in [1.807, 2.05) is 0 Å². The SMILES string of the molecule is O=C(NNc1ncnc(Nc2cc(Cl)cc(Cl)c2)c1[N+](=O)[O-])c1ccccc1. The zero-order valence-corrected chi connectivity index (χ0v) is 15.5. The lowest BCUT2D eigenvalue weighted by Gasteiger charge is -2.11. The molecule has 0 radical (unpaired) electrons. The molecule has 3 rings (SSSR count). The number of carbonyl (C=O) groups is 1. The average Bonchev–Trinajstić information content (AvgIpc) is 2.65. The van der Waals surface area contributed by atoms with Crippen LogP contribution in [0, 0.1) is 10.1 Å². The van der Waals surface area contributed by atoms with Crippen LogP contribution in [0.4, 0.5) is 23.0 Å². The second kappa shape index (κ2) is 8.51. The van der Waals surface area contributed by atoms with E-state index in [1.54, 1.807) is 30.3 Å². The van der Waals surface area contributed by atoms with Crippen molar-refractivity contribution in [1.29, 1.82) is 0 Å². The molecule has 1 heterocycles. The van der Waals surface area contributed by atoms with Crippen LogP contribution < -0.4 is 16.2 Å². The van der Waals surface area contributed by atoms with E-state index in [0.717, 1.165) is 6.33 Å². The summed E-state index contributed by atoms with van der Waals surface area (Å²) in [6.07, 6.45) is 1.11. The molecule has 3 N–H and O–H groups in total. The van der Waals surface area contributed by atoms with E-state index in [9.17, 15) is 14.9 Å². The molecule has 0 fully saturated rings. The molecule has 9 nitrogen and oxygen atoms in total. The summed E-state index contributed by atoms with van der Waals surface area (Å²) in [5, 5.41) is 15.0. The molecule has 0 aliphatic heterocycles. The van der Waals surface area contributed by atoms with Crippen LogP contribution >= 0.6 is 23.2 Å². The van der Waals surface area contributed by atoms with Crippen molar-refractivity contribution in [3.63, 3.8) is 0 Å². The van der Waals surface area contributed by atoms with Gasteiger partial charge in [0.15, 0.2) is 0 Å².